The Bertz CT molecular complexity index is 1200. The van der Waals surface area contributed by atoms with E-state index in [0.717, 1.165) is 46.6 Å². The van der Waals surface area contributed by atoms with Crippen LogP contribution in [0.3, 0.4) is 0 Å². The van der Waals surface area contributed by atoms with E-state index in [2.05, 4.69) is 48.2 Å². The van der Waals surface area contributed by atoms with Crippen molar-refractivity contribution in [3.8, 4) is 11.1 Å². The van der Waals surface area contributed by atoms with Gasteiger partial charge in [0.15, 0.2) is 11.3 Å². The molecule has 31 heavy (non-hydrogen) atoms. The van der Waals surface area contributed by atoms with Crippen molar-refractivity contribution in [3.05, 3.63) is 37.1 Å². The first-order valence-corrected chi connectivity index (χ1v) is 11.1. The molecule has 0 saturated carbocycles. The summed E-state index contributed by atoms with van der Waals surface area (Å²) in [6.07, 6.45) is 12.0. The van der Waals surface area contributed by atoms with Crippen LogP contribution in [0, 0.1) is 0 Å². The minimum absolute atomic E-state index is 0.710. The molecule has 160 valence electrons. The molecule has 2 aliphatic rings. The summed E-state index contributed by atoms with van der Waals surface area (Å²) in [5.41, 5.74) is 4.81. The van der Waals surface area contributed by atoms with Crippen LogP contribution in [-0.2, 0) is 0 Å². The van der Waals surface area contributed by atoms with Gasteiger partial charge < -0.3 is 9.80 Å². The van der Waals surface area contributed by atoms with Gasteiger partial charge in [-0.15, -0.1) is 0 Å². The van der Waals surface area contributed by atoms with Crippen molar-refractivity contribution in [2.24, 2.45) is 0 Å². The Labute approximate surface area is 180 Å². The number of pyridine rings is 1. The SMILES string of the molecule is CN1CCN(C2CCN(c3cnc4c(-c5ccnc6[nH]ncc56)cnn4c3)CC2)CC1. The first-order valence-electron chi connectivity index (χ1n) is 11.1. The van der Waals surface area contributed by atoms with Gasteiger partial charge in [0.1, 0.15) is 0 Å². The van der Waals surface area contributed by atoms with Gasteiger partial charge in [0, 0.05) is 68.0 Å². The number of hydrogen-bond donors (Lipinski definition) is 1. The monoisotopic (exact) mass is 417 g/mol. The van der Waals surface area contributed by atoms with E-state index in [9.17, 15) is 0 Å². The van der Waals surface area contributed by atoms with Crippen LogP contribution in [-0.4, -0.2) is 91.9 Å². The van der Waals surface area contributed by atoms with Crippen LogP contribution in [0.2, 0.25) is 0 Å². The van der Waals surface area contributed by atoms with Gasteiger partial charge in [-0.3, -0.25) is 10.00 Å². The first-order chi connectivity index (χ1) is 15.3. The number of rotatable bonds is 3. The topological polar surface area (TPSA) is 81.5 Å². The predicted molar refractivity (Wildman–Crippen MR) is 120 cm³/mol. The summed E-state index contributed by atoms with van der Waals surface area (Å²) in [7, 11) is 2.22. The predicted octanol–water partition coefficient (Wildman–Crippen LogP) is 1.88. The summed E-state index contributed by atoms with van der Waals surface area (Å²) in [5, 5.41) is 12.6. The fraction of sp³-hybridized carbons (Fsp3) is 0.455. The van der Waals surface area contributed by atoms with Gasteiger partial charge in [0.25, 0.3) is 0 Å². The molecule has 9 nitrogen and oxygen atoms in total. The molecule has 0 spiro atoms. The average Bonchev–Trinajstić information content (AvgIpc) is 3.46. The van der Waals surface area contributed by atoms with Gasteiger partial charge in [-0.2, -0.15) is 10.2 Å². The first kappa shape index (κ1) is 18.7. The number of likely N-dealkylation sites (N-methyl/N-ethyl adjacent to an activating group) is 1. The van der Waals surface area contributed by atoms with E-state index in [1.807, 2.05) is 23.0 Å². The average molecular weight is 418 g/mol. The normalized spacial score (nSPS) is 19.6. The fourth-order valence-corrected chi connectivity index (χ4v) is 4.98. The lowest BCUT2D eigenvalue weighted by atomic mass is 10.0. The Kier molecular flexibility index (Phi) is 4.57. The summed E-state index contributed by atoms with van der Waals surface area (Å²) < 4.78 is 1.89. The maximum atomic E-state index is 4.79. The van der Waals surface area contributed by atoms with Gasteiger partial charge in [0.2, 0.25) is 0 Å². The molecule has 9 heteroatoms. The summed E-state index contributed by atoms with van der Waals surface area (Å²) in [4.78, 5) is 16.7. The summed E-state index contributed by atoms with van der Waals surface area (Å²) in [6.45, 7) is 6.90. The molecule has 2 aliphatic heterocycles. The van der Waals surface area contributed by atoms with E-state index in [0.29, 0.717) is 6.04 Å². The summed E-state index contributed by atoms with van der Waals surface area (Å²) in [6, 6.07) is 2.70. The molecule has 6 heterocycles. The van der Waals surface area contributed by atoms with Gasteiger partial charge >= 0.3 is 0 Å². The molecule has 0 aromatic carbocycles. The van der Waals surface area contributed by atoms with Crippen molar-refractivity contribution >= 4 is 22.4 Å². The number of H-pyrrole nitrogens is 1. The second-order valence-corrected chi connectivity index (χ2v) is 8.69. The third kappa shape index (κ3) is 3.34. The highest BCUT2D eigenvalue weighted by atomic mass is 15.3. The number of fused-ring (bicyclic) bond motifs is 2. The molecule has 6 rings (SSSR count). The third-order valence-corrected chi connectivity index (χ3v) is 6.87. The minimum Gasteiger partial charge on any atom is -0.369 e. The Morgan fingerprint density at radius 3 is 2.61 bits per heavy atom. The fourth-order valence-electron chi connectivity index (χ4n) is 4.98. The summed E-state index contributed by atoms with van der Waals surface area (Å²) >= 11 is 0. The number of nitrogens with one attached hydrogen (secondary N) is 1. The zero-order valence-corrected chi connectivity index (χ0v) is 17.8. The number of anilines is 1. The van der Waals surface area contributed by atoms with E-state index >= 15 is 0 Å². The molecular weight excluding hydrogens is 390 g/mol. The van der Waals surface area contributed by atoms with Crippen LogP contribution >= 0.6 is 0 Å². The van der Waals surface area contributed by atoms with Crippen LogP contribution in [0.4, 0.5) is 5.69 Å². The number of piperidine rings is 1. The number of aromatic nitrogens is 6. The highest BCUT2D eigenvalue weighted by Gasteiger charge is 2.27. The Morgan fingerprint density at radius 1 is 0.935 bits per heavy atom. The maximum Gasteiger partial charge on any atom is 0.162 e. The lowest BCUT2D eigenvalue weighted by molar-refractivity contribution is 0.0982. The van der Waals surface area contributed by atoms with Crippen molar-refractivity contribution in [2.45, 2.75) is 18.9 Å². The molecular formula is C22H27N9. The molecule has 4 aromatic rings. The van der Waals surface area contributed by atoms with Crippen molar-refractivity contribution in [3.63, 3.8) is 0 Å². The van der Waals surface area contributed by atoms with Gasteiger partial charge in [-0.05, 0) is 26.0 Å². The third-order valence-electron chi connectivity index (χ3n) is 6.87. The highest BCUT2D eigenvalue weighted by Crippen LogP contribution is 2.30. The molecule has 2 saturated heterocycles. The van der Waals surface area contributed by atoms with Gasteiger partial charge in [-0.1, -0.05) is 0 Å². The number of aromatic amines is 1. The Balaban J connectivity index is 1.21. The largest absolute Gasteiger partial charge is 0.369 e. The zero-order valence-electron chi connectivity index (χ0n) is 17.8. The zero-order chi connectivity index (χ0) is 20.8. The van der Waals surface area contributed by atoms with Gasteiger partial charge in [0.05, 0.1) is 30.5 Å². The van der Waals surface area contributed by atoms with E-state index < -0.39 is 0 Å². The second kappa shape index (κ2) is 7.58. The molecule has 0 atom stereocenters. The number of piperazine rings is 1. The van der Waals surface area contributed by atoms with E-state index in [1.54, 1.807) is 12.4 Å². The van der Waals surface area contributed by atoms with Crippen LogP contribution < -0.4 is 4.90 Å². The van der Waals surface area contributed by atoms with Crippen molar-refractivity contribution in [2.75, 3.05) is 51.2 Å². The molecule has 1 N–H and O–H groups in total. The number of hydrogen-bond acceptors (Lipinski definition) is 7. The van der Waals surface area contributed by atoms with Crippen LogP contribution in [0.25, 0.3) is 27.8 Å². The molecule has 0 radical (unpaired) electrons. The Hall–Kier alpha value is -3.04. The van der Waals surface area contributed by atoms with Crippen LogP contribution in [0.5, 0.6) is 0 Å². The van der Waals surface area contributed by atoms with Gasteiger partial charge in [-0.25, -0.2) is 14.5 Å². The smallest absolute Gasteiger partial charge is 0.162 e. The minimum atomic E-state index is 0.710. The van der Waals surface area contributed by atoms with Crippen LogP contribution in [0.1, 0.15) is 12.8 Å². The van der Waals surface area contributed by atoms with E-state index in [-0.39, 0.29) is 0 Å². The number of nitrogens with zero attached hydrogens (tertiary/aromatic N) is 8. The van der Waals surface area contributed by atoms with E-state index in [4.69, 9.17) is 4.98 Å². The molecule has 2 fully saturated rings. The van der Waals surface area contributed by atoms with Crippen molar-refractivity contribution < 1.29 is 0 Å². The highest BCUT2D eigenvalue weighted by molar-refractivity contribution is 5.95. The van der Waals surface area contributed by atoms with Crippen molar-refractivity contribution in [1.29, 1.82) is 0 Å². The molecule has 0 aliphatic carbocycles. The lowest BCUT2D eigenvalue weighted by Gasteiger charge is -2.42. The lowest BCUT2D eigenvalue weighted by Crippen LogP contribution is -2.52. The maximum absolute atomic E-state index is 4.79. The second-order valence-electron chi connectivity index (χ2n) is 8.69. The van der Waals surface area contributed by atoms with Crippen LogP contribution in [0.15, 0.2) is 37.1 Å². The molecule has 0 amide bonds. The van der Waals surface area contributed by atoms with Crippen molar-refractivity contribution in [1.82, 2.24) is 39.6 Å². The molecule has 0 bridgehead atoms. The quantitative estimate of drug-likeness (QED) is 0.545. The Morgan fingerprint density at radius 2 is 1.77 bits per heavy atom. The standard InChI is InChI=1S/C22H27N9/c1-28-8-10-30(11-9-28)16-3-6-29(7-4-16)17-12-24-22-20(14-26-31(22)15-17)18-2-5-23-21-19(18)13-25-27-21/h2,5,12-16H,3-4,6-11H2,1H3,(H,23,25,27). The van der Waals surface area contributed by atoms with E-state index in [1.165, 1.54) is 39.0 Å². The summed E-state index contributed by atoms with van der Waals surface area (Å²) in [5.74, 6) is 0. The molecule has 4 aromatic heterocycles. The molecule has 0 unspecified atom stereocenters.